The van der Waals surface area contributed by atoms with E-state index in [9.17, 15) is 4.79 Å². The van der Waals surface area contributed by atoms with Gasteiger partial charge in [-0.25, -0.2) is 4.79 Å². The lowest BCUT2D eigenvalue weighted by Gasteiger charge is -2.07. The summed E-state index contributed by atoms with van der Waals surface area (Å²) in [6, 6.07) is 6.94. The van der Waals surface area contributed by atoms with Crippen LogP contribution in [0.5, 0.6) is 0 Å². The second-order valence-electron chi connectivity index (χ2n) is 5.01. The van der Waals surface area contributed by atoms with Gasteiger partial charge in [0.2, 0.25) is 0 Å². The number of anilines is 1. The Labute approximate surface area is 127 Å². The average Bonchev–Trinajstić information content (AvgIpc) is 2.44. The standard InChI is InChI=1S/C16H25ClN2O/c1-2-3-4-5-6-7-8-13-18-16(20)19-15-11-9-14(17)10-12-15/h9-12H,2-8,13H2,1H3,(H2,18,19,20). The maximum absolute atomic E-state index is 11.6. The SMILES string of the molecule is CCCCCCCCCNC(=O)Nc1ccc(Cl)cc1. The van der Waals surface area contributed by atoms with Crippen LogP contribution >= 0.6 is 11.6 Å². The number of amides is 2. The van der Waals surface area contributed by atoms with Crippen molar-refractivity contribution in [3.05, 3.63) is 29.3 Å². The molecular weight excluding hydrogens is 272 g/mol. The number of nitrogens with one attached hydrogen (secondary N) is 2. The predicted octanol–water partition coefficient (Wildman–Crippen LogP) is 5.21. The van der Waals surface area contributed by atoms with E-state index in [1.54, 1.807) is 24.3 Å². The van der Waals surface area contributed by atoms with Crippen molar-refractivity contribution in [3.63, 3.8) is 0 Å². The highest BCUT2D eigenvalue weighted by molar-refractivity contribution is 6.30. The first kappa shape index (κ1) is 16.8. The highest BCUT2D eigenvalue weighted by atomic mass is 35.5. The maximum atomic E-state index is 11.6. The molecule has 1 aromatic rings. The van der Waals surface area contributed by atoms with Crippen LogP contribution in [-0.4, -0.2) is 12.6 Å². The van der Waals surface area contributed by atoms with Crippen LogP contribution in [0.25, 0.3) is 0 Å². The highest BCUT2D eigenvalue weighted by Crippen LogP contribution is 2.13. The van der Waals surface area contributed by atoms with Gasteiger partial charge in [-0.2, -0.15) is 0 Å². The zero-order chi connectivity index (χ0) is 14.6. The van der Waals surface area contributed by atoms with Crippen LogP contribution in [0.1, 0.15) is 51.9 Å². The summed E-state index contributed by atoms with van der Waals surface area (Å²) in [5, 5.41) is 6.31. The number of carbonyl (C=O) groups is 1. The largest absolute Gasteiger partial charge is 0.338 e. The molecule has 0 saturated carbocycles. The third kappa shape index (κ3) is 8.05. The second kappa shape index (κ2) is 10.6. The van der Waals surface area contributed by atoms with E-state index in [1.807, 2.05) is 0 Å². The predicted molar refractivity (Wildman–Crippen MR) is 86.5 cm³/mol. The molecule has 4 heteroatoms. The Morgan fingerprint density at radius 3 is 2.25 bits per heavy atom. The van der Waals surface area contributed by atoms with Crippen LogP contribution in [0.4, 0.5) is 10.5 Å². The quantitative estimate of drug-likeness (QED) is 0.603. The second-order valence-corrected chi connectivity index (χ2v) is 5.45. The van der Waals surface area contributed by atoms with Gasteiger partial charge in [0.25, 0.3) is 0 Å². The van der Waals surface area contributed by atoms with Gasteiger partial charge in [0.15, 0.2) is 0 Å². The molecule has 0 aromatic heterocycles. The lowest BCUT2D eigenvalue weighted by Crippen LogP contribution is -2.29. The molecule has 1 aromatic carbocycles. The Kier molecular flexibility index (Phi) is 8.88. The molecule has 0 radical (unpaired) electrons. The van der Waals surface area contributed by atoms with E-state index in [4.69, 9.17) is 11.6 Å². The number of benzene rings is 1. The summed E-state index contributed by atoms with van der Waals surface area (Å²) >= 11 is 5.78. The van der Waals surface area contributed by atoms with Gasteiger partial charge in [0.1, 0.15) is 0 Å². The molecule has 0 saturated heterocycles. The minimum absolute atomic E-state index is 0.154. The maximum Gasteiger partial charge on any atom is 0.319 e. The third-order valence-electron chi connectivity index (χ3n) is 3.17. The van der Waals surface area contributed by atoms with Crippen molar-refractivity contribution in [3.8, 4) is 0 Å². The van der Waals surface area contributed by atoms with Gasteiger partial charge in [-0.05, 0) is 30.7 Å². The van der Waals surface area contributed by atoms with E-state index in [0.717, 1.165) is 18.7 Å². The van der Waals surface area contributed by atoms with Crippen molar-refractivity contribution in [2.24, 2.45) is 0 Å². The fourth-order valence-electron chi connectivity index (χ4n) is 1.99. The summed E-state index contributed by atoms with van der Waals surface area (Å²) in [4.78, 5) is 11.6. The number of unbranched alkanes of at least 4 members (excludes halogenated alkanes) is 6. The molecule has 0 aliphatic carbocycles. The first-order chi connectivity index (χ1) is 9.72. The van der Waals surface area contributed by atoms with E-state index in [1.165, 1.54) is 38.5 Å². The molecule has 0 heterocycles. The fraction of sp³-hybridized carbons (Fsp3) is 0.562. The molecule has 0 bridgehead atoms. The molecule has 0 atom stereocenters. The van der Waals surface area contributed by atoms with Crippen molar-refractivity contribution in [2.45, 2.75) is 51.9 Å². The molecule has 0 aliphatic rings. The molecule has 1 rings (SSSR count). The minimum atomic E-state index is -0.154. The number of hydrogen-bond acceptors (Lipinski definition) is 1. The van der Waals surface area contributed by atoms with E-state index in [0.29, 0.717) is 5.02 Å². The molecule has 2 N–H and O–H groups in total. The molecule has 0 aliphatic heterocycles. The number of halogens is 1. The number of urea groups is 1. The van der Waals surface area contributed by atoms with E-state index in [2.05, 4.69) is 17.6 Å². The summed E-state index contributed by atoms with van der Waals surface area (Å²) in [5.74, 6) is 0. The fourth-order valence-corrected chi connectivity index (χ4v) is 2.12. The Morgan fingerprint density at radius 1 is 1.00 bits per heavy atom. The van der Waals surface area contributed by atoms with Gasteiger partial charge >= 0.3 is 6.03 Å². The normalized spacial score (nSPS) is 10.3. The Hall–Kier alpha value is -1.22. The lowest BCUT2D eigenvalue weighted by molar-refractivity contribution is 0.252. The molecule has 3 nitrogen and oxygen atoms in total. The smallest absolute Gasteiger partial charge is 0.319 e. The van der Waals surface area contributed by atoms with E-state index < -0.39 is 0 Å². The zero-order valence-corrected chi connectivity index (χ0v) is 13.0. The van der Waals surface area contributed by atoms with Gasteiger partial charge < -0.3 is 10.6 Å². The van der Waals surface area contributed by atoms with Gasteiger partial charge in [0, 0.05) is 17.3 Å². The summed E-state index contributed by atoms with van der Waals surface area (Å²) in [5.41, 5.74) is 0.756. The monoisotopic (exact) mass is 296 g/mol. The van der Waals surface area contributed by atoms with Crippen LogP contribution in [0.3, 0.4) is 0 Å². The first-order valence-corrected chi connectivity index (χ1v) is 7.90. The Balaban J connectivity index is 2.01. The van der Waals surface area contributed by atoms with Crippen LogP contribution in [0.15, 0.2) is 24.3 Å². The third-order valence-corrected chi connectivity index (χ3v) is 3.42. The molecule has 2 amide bonds. The first-order valence-electron chi connectivity index (χ1n) is 7.53. The number of hydrogen-bond donors (Lipinski definition) is 2. The van der Waals surface area contributed by atoms with Gasteiger partial charge in [0.05, 0.1) is 0 Å². The van der Waals surface area contributed by atoms with Gasteiger partial charge in [-0.3, -0.25) is 0 Å². The van der Waals surface area contributed by atoms with Crippen molar-refractivity contribution in [1.29, 1.82) is 0 Å². The van der Waals surface area contributed by atoms with Crippen LogP contribution < -0.4 is 10.6 Å². The molecule has 112 valence electrons. The van der Waals surface area contributed by atoms with Crippen LogP contribution in [0, 0.1) is 0 Å². The topological polar surface area (TPSA) is 41.1 Å². The summed E-state index contributed by atoms with van der Waals surface area (Å²) < 4.78 is 0. The van der Waals surface area contributed by atoms with Crippen molar-refractivity contribution < 1.29 is 4.79 Å². The van der Waals surface area contributed by atoms with Crippen molar-refractivity contribution in [2.75, 3.05) is 11.9 Å². The van der Waals surface area contributed by atoms with Crippen molar-refractivity contribution in [1.82, 2.24) is 5.32 Å². The summed E-state index contributed by atoms with van der Waals surface area (Å²) in [7, 11) is 0. The molecule has 20 heavy (non-hydrogen) atoms. The molecule has 0 spiro atoms. The molecule has 0 unspecified atom stereocenters. The average molecular weight is 297 g/mol. The lowest BCUT2D eigenvalue weighted by atomic mass is 10.1. The Bertz CT molecular complexity index is 379. The number of rotatable bonds is 9. The zero-order valence-electron chi connectivity index (χ0n) is 12.3. The molecule has 0 fully saturated rings. The van der Waals surface area contributed by atoms with E-state index in [-0.39, 0.29) is 6.03 Å². The summed E-state index contributed by atoms with van der Waals surface area (Å²) in [6.45, 7) is 2.95. The minimum Gasteiger partial charge on any atom is -0.338 e. The van der Waals surface area contributed by atoms with Gasteiger partial charge in [-0.1, -0.05) is 57.0 Å². The highest BCUT2D eigenvalue weighted by Gasteiger charge is 2.00. The molecular formula is C16H25ClN2O. The van der Waals surface area contributed by atoms with Crippen LogP contribution in [-0.2, 0) is 0 Å². The number of carbonyl (C=O) groups excluding carboxylic acids is 1. The van der Waals surface area contributed by atoms with Gasteiger partial charge in [-0.15, -0.1) is 0 Å². The summed E-state index contributed by atoms with van der Waals surface area (Å²) in [6.07, 6.45) is 8.76. The van der Waals surface area contributed by atoms with Crippen LogP contribution in [0.2, 0.25) is 5.02 Å². The van der Waals surface area contributed by atoms with E-state index >= 15 is 0 Å². The van der Waals surface area contributed by atoms with Crippen molar-refractivity contribution >= 4 is 23.3 Å². The Morgan fingerprint density at radius 2 is 1.60 bits per heavy atom.